The number of carbonyl (C=O) groups excluding carboxylic acids is 1. The molecule has 0 aromatic heterocycles. The molecule has 4 rings (SSSR count). The van der Waals surface area contributed by atoms with Crippen LogP contribution in [0.4, 0.5) is 4.39 Å². The molecule has 5 heteroatoms. The highest BCUT2D eigenvalue weighted by Gasteiger charge is 2.38. The summed E-state index contributed by atoms with van der Waals surface area (Å²) >= 11 is 0. The summed E-state index contributed by atoms with van der Waals surface area (Å²) in [4.78, 5) is 18.7. The van der Waals surface area contributed by atoms with Crippen LogP contribution in [0.2, 0.25) is 0 Å². The summed E-state index contributed by atoms with van der Waals surface area (Å²) in [6.07, 6.45) is 3.34. The number of benzene rings is 2. The number of amides is 1. The molecule has 0 saturated carbocycles. The number of hydrogen-bond acceptors (Lipinski definition) is 3. The predicted molar refractivity (Wildman–Crippen MR) is 108 cm³/mol. The van der Waals surface area contributed by atoms with Gasteiger partial charge in [0.25, 0.3) is 0 Å². The van der Waals surface area contributed by atoms with Crippen molar-refractivity contribution in [1.82, 2.24) is 14.7 Å². The molecule has 4 nitrogen and oxygen atoms in total. The molecule has 2 heterocycles. The van der Waals surface area contributed by atoms with Crippen molar-refractivity contribution in [2.45, 2.75) is 38.0 Å². The normalized spacial score (nSPS) is 23.8. The zero-order valence-electron chi connectivity index (χ0n) is 16.2. The average molecular weight is 381 g/mol. The van der Waals surface area contributed by atoms with E-state index in [4.69, 9.17) is 0 Å². The third-order valence-electron chi connectivity index (χ3n) is 6.09. The quantitative estimate of drug-likeness (QED) is 0.720. The Kier molecular flexibility index (Phi) is 6.03. The zero-order chi connectivity index (χ0) is 19.3. The lowest BCUT2D eigenvalue weighted by molar-refractivity contribution is -0.124. The van der Waals surface area contributed by atoms with Gasteiger partial charge in [-0.2, -0.15) is 0 Å². The third-order valence-corrected chi connectivity index (χ3v) is 6.09. The molecule has 2 atom stereocenters. The van der Waals surface area contributed by atoms with Crippen LogP contribution in [0.1, 0.15) is 24.0 Å². The molecule has 0 radical (unpaired) electrons. The molecule has 2 aromatic carbocycles. The van der Waals surface area contributed by atoms with Gasteiger partial charge in [-0.1, -0.05) is 42.5 Å². The smallest absolute Gasteiger partial charge is 0.210 e. The number of halogens is 1. The molecule has 2 aromatic rings. The first-order chi connectivity index (χ1) is 13.7. The summed E-state index contributed by atoms with van der Waals surface area (Å²) in [6, 6.07) is 17.9. The topological polar surface area (TPSA) is 26.8 Å². The van der Waals surface area contributed by atoms with Crippen molar-refractivity contribution in [1.29, 1.82) is 0 Å². The first-order valence-corrected chi connectivity index (χ1v) is 10.2. The van der Waals surface area contributed by atoms with Gasteiger partial charge in [-0.25, -0.2) is 4.39 Å². The molecule has 0 aliphatic carbocycles. The SMILES string of the molecule is O=CN1CCN(Cc2ccc(F)cc2)CC1[C@@H]1CCCN1Cc1ccccc1. The van der Waals surface area contributed by atoms with Gasteiger partial charge >= 0.3 is 0 Å². The molecule has 2 fully saturated rings. The fraction of sp³-hybridized carbons (Fsp3) is 0.435. The lowest BCUT2D eigenvalue weighted by Crippen LogP contribution is -2.59. The van der Waals surface area contributed by atoms with Crippen molar-refractivity contribution >= 4 is 6.41 Å². The second kappa shape index (κ2) is 8.84. The maximum atomic E-state index is 13.2. The van der Waals surface area contributed by atoms with Crippen molar-refractivity contribution in [3.63, 3.8) is 0 Å². The number of hydrogen-bond donors (Lipinski definition) is 0. The van der Waals surface area contributed by atoms with Crippen molar-refractivity contribution in [3.8, 4) is 0 Å². The monoisotopic (exact) mass is 381 g/mol. The molecule has 0 N–H and O–H groups in total. The van der Waals surface area contributed by atoms with Crippen molar-refractivity contribution in [3.05, 3.63) is 71.5 Å². The molecule has 1 unspecified atom stereocenters. The Labute approximate surface area is 166 Å². The molecule has 0 spiro atoms. The maximum Gasteiger partial charge on any atom is 0.210 e. The van der Waals surface area contributed by atoms with E-state index in [0.717, 1.165) is 57.7 Å². The van der Waals surface area contributed by atoms with E-state index < -0.39 is 0 Å². The van der Waals surface area contributed by atoms with Crippen LogP contribution in [-0.4, -0.2) is 59.4 Å². The molecular weight excluding hydrogens is 353 g/mol. The minimum atomic E-state index is -0.199. The number of carbonyl (C=O) groups is 1. The fourth-order valence-corrected chi connectivity index (χ4v) is 4.65. The summed E-state index contributed by atoms with van der Waals surface area (Å²) < 4.78 is 13.2. The fourth-order valence-electron chi connectivity index (χ4n) is 4.65. The van der Waals surface area contributed by atoms with Crippen molar-refractivity contribution in [2.75, 3.05) is 26.2 Å². The third kappa shape index (κ3) is 4.42. The molecule has 0 bridgehead atoms. The standard InChI is InChI=1S/C23H28FN3O/c24-21-10-8-20(9-11-21)15-25-13-14-27(18-28)23(17-25)22-7-4-12-26(22)16-19-5-2-1-3-6-19/h1-3,5-6,8-11,18,22-23H,4,7,12-17H2/t22-,23?/m0/s1. The van der Waals surface area contributed by atoms with Crippen LogP contribution in [-0.2, 0) is 17.9 Å². The molecular formula is C23H28FN3O. The average Bonchev–Trinajstić information content (AvgIpc) is 3.18. The Morgan fingerprint density at radius 3 is 2.39 bits per heavy atom. The van der Waals surface area contributed by atoms with Crippen LogP contribution in [0.5, 0.6) is 0 Å². The first-order valence-electron chi connectivity index (χ1n) is 10.2. The van der Waals surface area contributed by atoms with Gasteiger partial charge in [0.05, 0.1) is 6.04 Å². The van der Waals surface area contributed by atoms with Crippen LogP contribution in [0.3, 0.4) is 0 Å². The van der Waals surface area contributed by atoms with Crippen molar-refractivity contribution in [2.24, 2.45) is 0 Å². The van der Waals surface area contributed by atoms with Gasteiger partial charge in [0.15, 0.2) is 0 Å². The van der Waals surface area contributed by atoms with Crippen LogP contribution < -0.4 is 0 Å². The number of likely N-dealkylation sites (tertiary alicyclic amines) is 1. The predicted octanol–water partition coefficient (Wildman–Crippen LogP) is 3.13. The van der Waals surface area contributed by atoms with E-state index in [1.54, 1.807) is 0 Å². The highest BCUT2D eigenvalue weighted by Crippen LogP contribution is 2.27. The van der Waals surface area contributed by atoms with Crippen LogP contribution in [0.15, 0.2) is 54.6 Å². The molecule has 2 aliphatic heterocycles. The number of piperazine rings is 1. The molecule has 28 heavy (non-hydrogen) atoms. The first kappa shape index (κ1) is 19.1. The Bertz CT molecular complexity index is 767. The van der Waals surface area contributed by atoms with E-state index in [1.165, 1.54) is 24.1 Å². The van der Waals surface area contributed by atoms with E-state index in [0.29, 0.717) is 6.04 Å². The van der Waals surface area contributed by atoms with Gasteiger partial charge in [-0.3, -0.25) is 14.6 Å². The minimum absolute atomic E-state index is 0.199. The van der Waals surface area contributed by atoms with E-state index in [9.17, 15) is 9.18 Å². The van der Waals surface area contributed by atoms with Gasteiger partial charge in [0, 0.05) is 38.8 Å². The Morgan fingerprint density at radius 1 is 0.893 bits per heavy atom. The minimum Gasteiger partial charge on any atom is -0.338 e. The highest BCUT2D eigenvalue weighted by atomic mass is 19.1. The van der Waals surface area contributed by atoms with Crippen LogP contribution in [0.25, 0.3) is 0 Å². The Hall–Kier alpha value is -2.24. The van der Waals surface area contributed by atoms with E-state index in [1.807, 2.05) is 23.1 Å². The van der Waals surface area contributed by atoms with E-state index >= 15 is 0 Å². The summed E-state index contributed by atoms with van der Waals surface area (Å²) in [6.45, 7) is 5.30. The van der Waals surface area contributed by atoms with E-state index in [-0.39, 0.29) is 11.9 Å². The van der Waals surface area contributed by atoms with Gasteiger partial charge in [-0.15, -0.1) is 0 Å². The van der Waals surface area contributed by atoms with Crippen molar-refractivity contribution < 1.29 is 9.18 Å². The number of rotatable bonds is 6. The summed E-state index contributed by atoms with van der Waals surface area (Å²) in [5.74, 6) is -0.199. The molecule has 1 amide bonds. The molecule has 2 saturated heterocycles. The maximum absolute atomic E-state index is 13.2. The summed E-state index contributed by atoms with van der Waals surface area (Å²) in [7, 11) is 0. The highest BCUT2D eigenvalue weighted by molar-refractivity contribution is 5.48. The summed E-state index contributed by atoms with van der Waals surface area (Å²) in [5, 5.41) is 0. The molecule has 2 aliphatic rings. The van der Waals surface area contributed by atoms with Gasteiger partial charge in [0.2, 0.25) is 6.41 Å². The Morgan fingerprint density at radius 2 is 1.64 bits per heavy atom. The number of nitrogens with zero attached hydrogens (tertiary/aromatic N) is 3. The van der Waals surface area contributed by atoms with Gasteiger partial charge < -0.3 is 4.90 Å². The van der Waals surface area contributed by atoms with E-state index in [2.05, 4.69) is 34.1 Å². The lowest BCUT2D eigenvalue weighted by Gasteiger charge is -2.44. The van der Waals surface area contributed by atoms with Gasteiger partial charge in [0.1, 0.15) is 5.82 Å². The second-order valence-electron chi connectivity index (χ2n) is 7.94. The lowest BCUT2D eigenvalue weighted by atomic mass is 10.00. The van der Waals surface area contributed by atoms with Crippen LogP contribution in [0, 0.1) is 5.82 Å². The molecule has 148 valence electrons. The van der Waals surface area contributed by atoms with Gasteiger partial charge in [-0.05, 0) is 42.6 Å². The zero-order valence-corrected chi connectivity index (χ0v) is 16.2. The Balaban J connectivity index is 1.45. The summed E-state index contributed by atoms with van der Waals surface area (Å²) in [5.41, 5.74) is 2.44. The largest absolute Gasteiger partial charge is 0.338 e. The van der Waals surface area contributed by atoms with Crippen LogP contribution >= 0.6 is 0 Å². The second-order valence-corrected chi connectivity index (χ2v) is 7.94.